The van der Waals surface area contributed by atoms with Gasteiger partial charge in [-0.2, -0.15) is 0 Å². The van der Waals surface area contributed by atoms with E-state index in [0.717, 1.165) is 113 Å². The predicted octanol–water partition coefficient (Wildman–Crippen LogP) is 11.4. The van der Waals surface area contributed by atoms with Crippen molar-refractivity contribution >= 4 is 145 Å². The molecule has 630 valence electrons. The van der Waals surface area contributed by atoms with Gasteiger partial charge >= 0.3 is 48.3 Å². The molecule has 0 aliphatic carbocycles. The van der Waals surface area contributed by atoms with Crippen LogP contribution >= 0.6 is 46.1 Å². The molecule has 0 bridgehead atoms. The molecule has 125 heavy (non-hydrogen) atoms. The largest absolute Gasteiger partial charge is 0.338 e. The highest BCUT2D eigenvalue weighted by molar-refractivity contribution is 7.04. The van der Waals surface area contributed by atoms with Gasteiger partial charge in [0, 0.05) is 164 Å². The molecular weight excluding hydrogens is 1680 g/mol. The fourth-order valence-corrected chi connectivity index (χ4v) is 14.2. The monoisotopic (exact) mass is 1750 g/mol. The van der Waals surface area contributed by atoms with E-state index in [-0.39, 0.29) is 43.9 Å². The number of nitrogens with zero attached hydrogens (tertiary/aromatic N) is 12. The summed E-state index contributed by atoms with van der Waals surface area (Å²) in [7, 11) is 0. The first-order chi connectivity index (χ1) is 60.4. The lowest BCUT2D eigenvalue weighted by Crippen LogP contribution is -2.19. The lowest BCUT2D eigenvalue weighted by atomic mass is 10.1. The SMILES string of the molecule is Cc1ccc(NC(=O)Nc2ccc(Cn3sc(=O)[nH]c3=O)cc2)cc1Nc1ncccn1.Cc1ccc(NC(=O)c2ccc(Cn3sc(=O)[nH]c3=O)cc2)cc1Nc1ncccn1.Cc1ccc(NC(=O)c2ccc(Cn3sc(=O)[nH]c3=O)cc2)cc1Nc1ncccn1.Cc1ccc(NC(=O)c2ccc(Cn3sc(=O)[nH]c3=O)cc2)cc1Nc1ncccn1. The zero-order valence-corrected chi connectivity index (χ0v) is 69.6. The van der Waals surface area contributed by atoms with Crippen molar-refractivity contribution in [2.24, 2.45) is 0 Å². The van der Waals surface area contributed by atoms with Gasteiger partial charge in [-0.05, 0) is 194 Å². The molecule has 8 aromatic carbocycles. The Hall–Kier alpha value is -16.4. The average Bonchev–Trinajstić information content (AvgIpc) is 1.18. The Morgan fingerprint density at radius 2 is 0.488 bits per heavy atom. The molecule has 0 radical (unpaired) electrons. The quantitative estimate of drug-likeness (QED) is 0.0267. The highest BCUT2D eigenvalue weighted by Crippen LogP contribution is 2.28. The standard InChI is InChI=1S/C21H19N7O3S.3C21H18N6O3S/c1-13-3-6-16(11-17(13)26-18-22-9-2-10-23-18)25-19(29)24-15-7-4-14(5-8-15)12-28-20(30)27-21(31)32-28;3*1-13-3-8-16(11-17(13)25-19-22-9-2-10-23-19)24-18(28)15-6-4-14(5-7-15)12-27-20(29)26-21(30)31-27/h2-11H,12H2,1H3,(H,22,23,26)(H2,24,25,29)(H,27,30,31);3*2-11H,12H2,1H3,(H,24,28)(H,22,23,25)(H,26,29,30). The molecule has 0 saturated heterocycles. The number of hydrogen-bond donors (Lipinski definition) is 13. The molecule has 0 fully saturated rings. The van der Waals surface area contributed by atoms with Gasteiger partial charge in [0.05, 0.1) is 26.2 Å². The molecule has 5 amide bonds. The number of hydrogen-bond acceptors (Lipinski definition) is 28. The van der Waals surface area contributed by atoms with E-state index in [2.05, 4.69) is 108 Å². The van der Waals surface area contributed by atoms with Crippen molar-refractivity contribution in [2.75, 3.05) is 47.9 Å². The Bertz CT molecular complexity index is 6500. The van der Waals surface area contributed by atoms with Gasteiger partial charge in [-0.3, -0.25) is 53.5 Å². The summed E-state index contributed by atoms with van der Waals surface area (Å²) in [5, 5.41) is 26.7. The number of aryl methyl sites for hydroxylation is 4. The van der Waals surface area contributed by atoms with E-state index in [1.807, 2.05) is 88.4 Å². The van der Waals surface area contributed by atoms with E-state index in [0.29, 0.717) is 68.9 Å². The third-order valence-electron chi connectivity index (χ3n) is 17.9. The Morgan fingerprint density at radius 3 is 0.712 bits per heavy atom. The lowest BCUT2D eigenvalue weighted by Gasteiger charge is -2.12. The molecule has 0 unspecified atom stereocenters. The van der Waals surface area contributed by atoms with Crippen molar-refractivity contribution in [2.45, 2.75) is 53.9 Å². The van der Waals surface area contributed by atoms with Gasteiger partial charge in [-0.1, -0.05) is 72.8 Å². The van der Waals surface area contributed by atoms with E-state index in [9.17, 15) is 57.5 Å². The van der Waals surface area contributed by atoms with Crippen LogP contribution in [0.2, 0.25) is 0 Å². The van der Waals surface area contributed by atoms with Gasteiger partial charge in [0.25, 0.3) is 17.7 Å². The number of nitrogens with one attached hydrogen (secondary N) is 13. The number of rotatable bonds is 24. The van der Waals surface area contributed by atoms with E-state index in [1.54, 1.807) is 183 Å². The number of benzene rings is 8. The maximum atomic E-state index is 12.6. The maximum absolute atomic E-state index is 12.6. The Kier molecular flexibility index (Phi) is 28.4. The van der Waals surface area contributed by atoms with Gasteiger partial charge in [0.2, 0.25) is 23.8 Å². The van der Waals surface area contributed by atoms with Gasteiger partial charge in [0.15, 0.2) is 0 Å². The molecule has 0 spiro atoms. The molecule has 8 heterocycles. The highest BCUT2D eigenvalue weighted by Gasteiger charge is 2.17. The van der Waals surface area contributed by atoms with Crippen LogP contribution in [0.4, 0.5) is 79.8 Å². The van der Waals surface area contributed by atoms with E-state index >= 15 is 0 Å². The third kappa shape index (κ3) is 24.9. The summed E-state index contributed by atoms with van der Waals surface area (Å²) in [4.78, 5) is 182. The average molecular weight is 1750 g/mol. The minimum absolute atomic E-state index is 0.263. The van der Waals surface area contributed by atoms with Crippen LogP contribution in [0.25, 0.3) is 0 Å². The van der Waals surface area contributed by atoms with Gasteiger partial charge in [0.1, 0.15) is 0 Å². The second-order valence-corrected chi connectivity index (χ2v) is 31.0. The second-order valence-electron chi connectivity index (χ2n) is 27.0. The molecule has 8 aromatic heterocycles. The van der Waals surface area contributed by atoms with E-state index in [4.69, 9.17) is 0 Å². The zero-order valence-electron chi connectivity index (χ0n) is 66.3. The highest BCUT2D eigenvalue weighted by atomic mass is 32.1. The second kappa shape index (κ2) is 41.0. The first-order valence-electron chi connectivity index (χ1n) is 37.6. The number of amides is 5. The van der Waals surface area contributed by atoms with Crippen molar-refractivity contribution in [3.8, 4) is 0 Å². The minimum Gasteiger partial charge on any atom is -0.324 e. The molecule has 41 heteroatoms. The van der Waals surface area contributed by atoms with Crippen molar-refractivity contribution in [1.82, 2.24) is 75.6 Å². The van der Waals surface area contributed by atoms with E-state index in [1.165, 1.54) is 15.8 Å². The molecule has 0 saturated carbocycles. The molecule has 0 aliphatic rings. The zero-order chi connectivity index (χ0) is 87.9. The molecule has 16 aromatic rings. The number of urea groups is 1. The number of carbonyl (C=O) groups excluding carboxylic acids is 4. The number of H-pyrrole nitrogens is 4. The normalized spacial score (nSPS) is 10.6. The Morgan fingerprint density at radius 1 is 0.280 bits per heavy atom. The molecular formula is C84H73N25O12S4. The first-order valence-corrected chi connectivity index (χ1v) is 40.7. The molecule has 37 nitrogen and oxygen atoms in total. The molecule has 0 aliphatic heterocycles. The number of aromatic nitrogens is 16. The minimum atomic E-state index is -0.443. The summed E-state index contributed by atoms with van der Waals surface area (Å²) in [5.41, 5.74) is 13.0. The third-order valence-corrected chi connectivity index (χ3v) is 21.0. The summed E-state index contributed by atoms with van der Waals surface area (Å²) < 4.78 is 5.32. The van der Waals surface area contributed by atoms with Crippen molar-refractivity contribution in [3.05, 3.63) is 386 Å². The van der Waals surface area contributed by atoms with Crippen LogP contribution in [0.15, 0.2) is 282 Å². The first kappa shape index (κ1) is 86.4. The Labute approximate surface area is 722 Å². The van der Waals surface area contributed by atoms with Gasteiger partial charge in [-0.25, -0.2) is 79.7 Å². The summed E-state index contributed by atoms with van der Waals surface area (Å²) in [6.45, 7) is 8.85. The molecule has 0 atom stereocenters. The fourth-order valence-electron chi connectivity index (χ4n) is 11.5. The van der Waals surface area contributed by atoms with Gasteiger partial charge in [-0.15, -0.1) is 0 Å². The summed E-state index contributed by atoms with van der Waals surface area (Å²) >= 11 is 3.30. The predicted molar refractivity (Wildman–Crippen MR) is 481 cm³/mol. The van der Waals surface area contributed by atoms with E-state index < -0.39 is 48.3 Å². The fraction of sp³-hybridized carbons (Fsp3) is 0.0952. The van der Waals surface area contributed by atoms with Crippen molar-refractivity contribution in [3.63, 3.8) is 0 Å². The maximum Gasteiger partial charge on any atom is 0.338 e. The summed E-state index contributed by atoms with van der Waals surface area (Å²) in [6, 6.07) is 56.2. The van der Waals surface area contributed by atoms with Crippen LogP contribution in [-0.2, 0) is 26.2 Å². The van der Waals surface area contributed by atoms with Crippen LogP contribution in [0.1, 0.15) is 75.6 Å². The Balaban J connectivity index is 0.000000143. The van der Waals surface area contributed by atoms with Crippen LogP contribution in [-0.4, -0.2) is 99.4 Å². The van der Waals surface area contributed by atoms with Crippen LogP contribution < -0.4 is 90.1 Å². The number of anilines is 13. The molecule has 13 N–H and O–H groups in total. The van der Waals surface area contributed by atoms with Gasteiger partial charge < -0.3 is 47.9 Å². The number of aromatic amines is 4. The summed E-state index contributed by atoms with van der Waals surface area (Å²) in [5.74, 6) is 1.08. The lowest BCUT2D eigenvalue weighted by molar-refractivity contribution is 0.101. The summed E-state index contributed by atoms with van der Waals surface area (Å²) in [6.07, 6.45) is 13.2. The van der Waals surface area contributed by atoms with Crippen LogP contribution in [0.5, 0.6) is 0 Å². The molecule has 16 rings (SSSR count). The smallest absolute Gasteiger partial charge is 0.324 e. The van der Waals surface area contributed by atoms with Crippen molar-refractivity contribution < 1.29 is 19.2 Å². The number of carbonyl (C=O) groups is 4. The van der Waals surface area contributed by atoms with Crippen LogP contribution in [0, 0.1) is 27.7 Å². The van der Waals surface area contributed by atoms with Crippen LogP contribution in [0.3, 0.4) is 0 Å². The van der Waals surface area contributed by atoms with Crippen molar-refractivity contribution in [1.29, 1.82) is 0 Å². The topological polar surface area (TPSA) is 499 Å².